The third kappa shape index (κ3) is 15.9. The van der Waals surface area contributed by atoms with Gasteiger partial charge in [-0.05, 0) is 112 Å². The summed E-state index contributed by atoms with van der Waals surface area (Å²) in [6.07, 6.45) is 6.93. The van der Waals surface area contributed by atoms with Crippen molar-refractivity contribution >= 4 is 101 Å². The summed E-state index contributed by atoms with van der Waals surface area (Å²) in [7, 11) is -22.1. The molecule has 3 aliphatic rings. The lowest BCUT2D eigenvalue weighted by atomic mass is 9.74. The third-order valence-corrected chi connectivity index (χ3v) is 19.5. The Bertz CT molecular complexity index is 4070. The van der Waals surface area contributed by atoms with E-state index in [1.807, 2.05) is 4.90 Å². The van der Waals surface area contributed by atoms with Crippen LogP contribution in [0.5, 0.6) is 0 Å². The second kappa shape index (κ2) is 27.5. The summed E-state index contributed by atoms with van der Waals surface area (Å²) in [5.41, 5.74) is 0.531. The van der Waals surface area contributed by atoms with Crippen molar-refractivity contribution in [2.75, 3.05) is 90.8 Å². The lowest BCUT2D eigenvalue weighted by Gasteiger charge is -2.31. The molecule has 4 aromatic rings. The second-order valence-electron chi connectivity index (χ2n) is 21.3. The SMILES string of the molecule is C=C1CCC(=O)N1OC(=O)CCCN1/C(=C/C=C(C)/C=C/C2=[N+](CCOC)c3ccc4c(S(=O)(=O)O)cc(S(=O)(=O)O)cc4c3C2(C)CCCS(=O)(=O)O)C(C)(CCOCCOCCOCCOC)c2c1ccc1c(S(=O)(=O)O)cc(S(=O)(=O)O)cc21. The van der Waals surface area contributed by atoms with Crippen molar-refractivity contribution in [2.45, 2.75) is 96.1 Å². The molecule has 26 nitrogen and oxygen atoms in total. The number of ether oxygens (including phenoxy) is 5. The lowest BCUT2D eigenvalue weighted by molar-refractivity contribution is -0.441. The average molecular weight is 1310 g/mol. The van der Waals surface area contributed by atoms with E-state index in [1.165, 1.54) is 19.2 Å². The van der Waals surface area contributed by atoms with Gasteiger partial charge >= 0.3 is 5.97 Å². The highest BCUT2D eigenvalue weighted by molar-refractivity contribution is 7.87. The summed E-state index contributed by atoms with van der Waals surface area (Å²) in [5.74, 6) is -1.91. The molecule has 1 amide bonds. The molecule has 87 heavy (non-hydrogen) atoms. The van der Waals surface area contributed by atoms with Crippen molar-refractivity contribution in [1.82, 2.24) is 5.06 Å². The Morgan fingerprint density at radius 1 is 0.667 bits per heavy atom. The van der Waals surface area contributed by atoms with Crippen LogP contribution in [0.2, 0.25) is 0 Å². The molecule has 3 heterocycles. The molecule has 0 spiro atoms. The Balaban J connectivity index is 1.39. The van der Waals surface area contributed by atoms with E-state index in [0.29, 0.717) is 78.0 Å². The van der Waals surface area contributed by atoms with Gasteiger partial charge < -0.3 is 33.4 Å². The fourth-order valence-electron chi connectivity index (χ4n) is 11.2. The second-order valence-corrected chi connectivity index (χ2v) is 28.5. The van der Waals surface area contributed by atoms with Gasteiger partial charge in [-0.15, -0.1) is 5.06 Å². The Labute approximate surface area is 505 Å². The van der Waals surface area contributed by atoms with E-state index < -0.39 is 98.6 Å². The van der Waals surface area contributed by atoms with Crippen LogP contribution < -0.4 is 4.90 Å². The summed E-state index contributed by atoms with van der Waals surface area (Å²) in [5, 5.41) is 0.600. The Kier molecular flexibility index (Phi) is 21.7. The topological polar surface area (TPSA) is 371 Å². The number of carbonyl (C=O) groups is 2. The van der Waals surface area contributed by atoms with E-state index in [-0.39, 0.29) is 112 Å². The zero-order valence-corrected chi connectivity index (χ0v) is 52.4. The van der Waals surface area contributed by atoms with Gasteiger partial charge in [-0.3, -0.25) is 27.6 Å². The number of fused-ring (bicyclic) bond motifs is 6. The van der Waals surface area contributed by atoms with Crippen LogP contribution in [0.25, 0.3) is 21.5 Å². The van der Waals surface area contributed by atoms with E-state index in [1.54, 1.807) is 68.9 Å². The van der Waals surface area contributed by atoms with Gasteiger partial charge in [0.15, 0.2) is 12.3 Å². The molecule has 0 saturated carbocycles. The first-order chi connectivity index (χ1) is 40.7. The van der Waals surface area contributed by atoms with Gasteiger partial charge in [0.1, 0.15) is 16.4 Å². The largest absolute Gasteiger partial charge is 0.382 e. The van der Waals surface area contributed by atoms with Crippen molar-refractivity contribution in [3.05, 3.63) is 108 Å². The van der Waals surface area contributed by atoms with Crippen LogP contribution in [0.15, 0.2) is 116 Å². The smallest absolute Gasteiger partial charge is 0.333 e. The van der Waals surface area contributed by atoms with Crippen LogP contribution in [0.4, 0.5) is 11.4 Å². The predicted molar refractivity (Wildman–Crippen MR) is 317 cm³/mol. The summed E-state index contributed by atoms with van der Waals surface area (Å²) < 4.78 is 208. The summed E-state index contributed by atoms with van der Waals surface area (Å²) in [6.45, 7) is 10.9. The first kappa shape index (κ1) is 68.6. The first-order valence-corrected chi connectivity index (χ1v) is 34.5. The van der Waals surface area contributed by atoms with Crippen LogP contribution in [-0.2, 0) is 99.5 Å². The number of hydrogen-bond acceptors (Lipinski definition) is 19. The standard InChI is InChI=1S/C56H69N3O23S5/c1-37(10-17-49-55(3,20-8-32-83(62,63)64)53-43-33-39(84(65,66)67)35-47(86(71,72)73)41(43)14-16-46(53)58(49)23-25-77-5)11-18-50-56(4,21-24-79-28-29-81-31-30-80-27-26-78-6)54-44-34-40(85(68,69)70)36-48(87(74,75)76)42(44)13-15-45(54)57(50)22-7-9-52(61)82-59-38(2)12-19-51(59)60/h10-11,13-18,33-36H,2,7-9,12,19-32H2,1,3-6H3,(H4-,62,63,64,65,66,67,68,69,70,71,72,73,74,75,76)/p+1. The minimum absolute atomic E-state index is 0.00944. The number of rotatable bonds is 31. The zero-order valence-electron chi connectivity index (χ0n) is 48.3. The maximum Gasteiger partial charge on any atom is 0.333 e. The lowest BCUT2D eigenvalue weighted by Crippen LogP contribution is -2.32. The van der Waals surface area contributed by atoms with E-state index in [0.717, 1.165) is 17.2 Å². The third-order valence-electron chi connectivity index (χ3n) is 15.3. The molecular formula is C56H70N3O23S5+. The predicted octanol–water partition coefficient (Wildman–Crippen LogP) is 6.28. The number of hydrogen-bond donors (Lipinski definition) is 5. The van der Waals surface area contributed by atoms with E-state index >= 15 is 0 Å². The highest BCUT2D eigenvalue weighted by atomic mass is 32.2. The van der Waals surface area contributed by atoms with Gasteiger partial charge in [-0.2, -0.15) is 46.7 Å². The van der Waals surface area contributed by atoms with Gasteiger partial charge in [0.2, 0.25) is 5.69 Å². The number of allylic oxidation sites excluding steroid dienone is 7. The molecule has 7 rings (SSSR count). The molecule has 0 aromatic heterocycles. The van der Waals surface area contributed by atoms with Crippen molar-refractivity contribution in [3.8, 4) is 0 Å². The molecule has 0 aliphatic carbocycles. The number of amides is 1. The zero-order chi connectivity index (χ0) is 64.1. The average Bonchev–Trinajstić information content (AvgIpc) is 1.62. The highest BCUT2D eigenvalue weighted by Gasteiger charge is 2.50. The minimum Gasteiger partial charge on any atom is -0.382 e. The molecule has 476 valence electrons. The van der Waals surface area contributed by atoms with Crippen LogP contribution in [0.3, 0.4) is 0 Å². The number of nitrogens with zero attached hydrogens (tertiary/aromatic N) is 3. The van der Waals surface area contributed by atoms with Crippen molar-refractivity contribution in [2.24, 2.45) is 0 Å². The molecule has 2 atom stereocenters. The Morgan fingerprint density at radius 3 is 1.75 bits per heavy atom. The normalized spacial score (nSPS) is 19.2. The van der Waals surface area contributed by atoms with Gasteiger partial charge in [-0.25, -0.2) is 4.79 Å². The Morgan fingerprint density at radius 2 is 1.22 bits per heavy atom. The Hall–Kier alpha value is -5.88. The summed E-state index contributed by atoms with van der Waals surface area (Å²) in [6, 6.07) is 9.22. The number of carbonyl (C=O) groups excluding carboxylic acids is 2. The maximum atomic E-state index is 13.3. The van der Waals surface area contributed by atoms with Crippen LogP contribution >= 0.6 is 0 Å². The number of methoxy groups -OCH3 is 2. The molecule has 2 unspecified atom stereocenters. The summed E-state index contributed by atoms with van der Waals surface area (Å²) >= 11 is 0. The van der Waals surface area contributed by atoms with E-state index in [9.17, 15) is 74.4 Å². The number of anilines is 1. The van der Waals surface area contributed by atoms with Crippen LogP contribution in [0.1, 0.15) is 76.8 Å². The fourth-order valence-corrected chi connectivity index (χ4v) is 14.4. The van der Waals surface area contributed by atoms with Crippen LogP contribution in [-0.4, -0.2) is 178 Å². The molecule has 1 saturated heterocycles. The highest BCUT2D eigenvalue weighted by Crippen LogP contribution is 2.54. The van der Waals surface area contributed by atoms with Crippen LogP contribution in [0, 0.1) is 0 Å². The van der Waals surface area contributed by atoms with Crippen molar-refractivity contribution in [1.29, 1.82) is 0 Å². The molecule has 31 heteroatoms. The molecular weight excluding hydrogens is 1240 g/mol. The van der Waals surface area contributed by atoms with E-state index in [2.05, 4.69) is 6.58 Å². The van der Waals surface area contributed by atoms with Crippen molar-refractivity contribution in [3.63, 3.8) is 0 Å². The van der Waals surface area contributed by atoms with Gasteiger partial charge in [0.05, 0.1) is 66.3 Å². The van der Waals surface area contributed by atoms with Gasteiger partial charge in [0, 0.05) is 85.5 Å². The number of benzene rings is 4. The maximum absolute atomic E-state index is 13.3. The van der Waals surface area contributed by atoms with Gasteiger partial charge in [0.25, 0.3) is 56.5 Å². The molecule has 0 bridgehead atoms. The fraction of sp³-hybridized carbons (Fsp3) is 0.446. The monoisotopic (exact) mass is 1310 g/mol. The number of hydroxylamine groups is 2. The quantitative estimate of drug-likeness (QED) is 0.0160. The van der Waals surface area contributed by atoms with E-state index in [4.69, 9.17) is 28.5 Å². The first-order valence-electron chi connectivity index (χ1n) is 27.2. The molecule has 5 N–H and O–H groups in total. The molecule has 3 aliphatic heterocycles. The summed E-state index contributed by atoms with van der Waals surface area (Å²) in [4.78, 5) is 29.7. The molecule has 4 aromatic carbocycles. The minimum atomic E-state index is -5.16. The molecule has 0 radical (unpaired) electrons. The van der Waals surface area contributed by atoms with Crippen molar-refractivity contribution < 1.29 is 108 Å². The van der Waals surface area contributed by atoms with Gasteiger partial charge in [-0.1, -0.05) is 30.4 Å². The molecule has 1 fully saturated rings.